The van der Waals surface area contributed by atoms with E-state index in [-0.39, 0.29) is 16.9 Å². The van der Waals surface area contributed by atoms with Crippen molar-refractivity contribution in [3.63, 3.8) is 0 Å². The summed E-state index contributed by atoms with van der Waals surface area (Å²) in [7, 11) is 0. The van der Waals surface area contributed by atoms with Crippen molar-refractivity contribution in [2.24, 2.45) is 0 Å². The van der Waals surface area contributed by atoms with Gasteiger partial charge in [-0.05, 0) is 74.4 Å². The Bertz CT molecular complexity index is 1030. The highest BCUT2D eigenvalue weighted by atomic mass is 19.1. The third kappa shape index (κ3) is 5.65. The van der Waals surface area contributed by atoms with Crippen LogP contribution in [0.5, 0.6) is 5.75 Å². The minimum atomic E-state index is -0.757. The molecule has 1 fully saturated rings. The van der Waals surface area contributed by atoms with Crippen LogP contribution in [0.2, 0.25) is 0 Å². The number of hydrogen-bond donors (Lipinski definition) is 1. The summed E-state index contributed by atoms with van der Waals surface area (Å²) in [4.78, 5) is 30.0. The van der Waals surface area contributed by atoms with Crippen molar-refractivity contribution in [3.8, 4) is 5.75 Å². The number of rotatable bonds is 11. The molecule has 1 amide bonds. The van der Waals surface area contributed by atoms with Crippen LogP contribution in [0.1, 0.15) is 50.8 Å². The second kappa shape index (κ2) is 11.8. The molecule has 2 aromatic rings. The maximum absolute atomic E-state index is 13.4. The van der Waals surface area contributed by atoms with Crippen LogP contribution in [0.25, 0.3) is 5.76 Å². The standard InChI is InChI=1S/C27H33FN2O4/c1-4-17-34-22-10-7-9-20(18-22)24-23(25(31)19-11-13-21(28)14-12-19)26(32)27(33)30(24)16-8-15-29(5-2)6-3/h7,9-14,18,24,31H,4-6,8,15-17H2,1-3H3/b25-23-. The lowest BCUT2D eigenvalue weighted by Crippen LogP contribution is -2.33. The Morgan fingerprint density at radius 2 is 1.79 bits per heavy atom. The Morgan fingerprint density at radius 1 is 1.09 bits per heavy atom. The molecule has 0 aliphatic carbocycles. The van der Waals surface area contributed by atoms with Gasteiger partial charge in [0.25, 0.3) is 11.7 Å². The minimum absolute atomic E-state index is 0.00656. The highest BCUT2D eigenvalue weighted by Crippen LogP contribution is 2.40. The number of ether oxygens (including phenoxy) is 1. The quantitative estimate of drug-likeness (QED) is 0.292. The first kappa shape index (κ1) is 25.4. The molecule has 1 atom stereocenters. The number of Topliss-reactive ketones (excluding diaryl/α,β-unsaturated/α-hetero) is 1. The molecule has 0 radical (unpaired) electrons. The second-order valence-corrected chi connectivity index (χ2v) is 8.30. The maximum Gasteiger partial charge on any atom is 0.295 e. The normalized spacial score (nSPS) is 17.6. The fraction of sp³-hybridized carbons (Fsp3) is 0.407. The van der Waals surface area contributed by atoms with Crippen LogP contribution in [0.4, 0.5) is 4.39 Å². The summed E-state index contributed by atoms with van der Waals surface area (Å²) in [6, 6.07) is 11.7. The number of likely N-dealkylation sites (tertiary alicyclic amines) is 1. The van der Waals surface area contributed by atoms with E-state index in [2.05, 4.69) is 18.7 Å². The molecule has 1 N–H and O–H groups in total. The van der Waals surface area contributed by atoms with E-state index in [1.54, 1.807) is 0 Å². The van der Waals surface area contributed by atoms with Gasteiger partial charge in [0.05, 0.1) is 18.2 Å². The molecule has 0 bridgehead atoms. The topological polar surface area (TPSA) is 70.1 Å². The van der Waals surface area contributed by atoms with Gasteiger partial charge < -0.3 is 19.6 Å². The Morgan fingerprint density at radius 3 is 2.44 bits per heavy atom. The number of hydrogen-bond acceptors (Lipinski definition) is 5. The highest BCUT2D eigenvalue weighted by Gasteiger charge is 2.45. The molecule has 0 spiro atoms. The molecule has 34 heavy (non-hydrogen) atoms. The minimum Gasteiger partial charge on any atom is -0.507 e. The zero-order valence-electron chi connectivity index (χ0n) is 20.1. The lowest BCUT2D eigenvalue weighted by molar-refractivity contribution is -0.140. The van der Waals surface area contributed by atoms with Gasteiger partial charge in [-0.2, -0.15) is 0 Å². The number of carbonyl (C=O) groups is 2. The van der Waals surface area contributed by atoms with Crippen molar-refractivity contribution in [2.75, 3.05) is 32.8 Å². The van der Waals surface area contributed by atoms with Crippen molar-refractivity contribution in [1.82, 2.24) is 9.80 Å². The van der Waals surface area contributed by atoms with Gasteiger partial charge in [0.1, 0.15) is 17.3 Å². The molecule has 1 aliphatic rings. The number of amides is 1. The van der Waals surface area contributed by atoms with Crippen LogP contribution in [0.15, 0.2) is 54.1 Å². The monoisotopic (exact) mass is 468 g/mol. The third-order valence-corrected chi connectivity index (χ3v) is 6.07. The highest BCUT2D eigenvalue weighted by molar-refractivity contribution is 6.46. The van der Waals surface area contributed by atoms with E-state index in [9.17, 15) is 19.1 Å². The van der Waals surface area contributed by atoms with Crippen LogP contribution in [0.3, 0.4) is 0 Å². The smallest absolute Gasteiger partial charge is 0.295 e. The average molecular weight is 469 g/mol. The predicted molar refractivity (Wildman–Crippen MR) is 130 cm³/mol. The van der Waals surface area contributed by atoms with E-state index in [1.807, 2.05) is 31.2 Å². The van der Waals surface area contributed by atoms with Crippen LogP contribution in [0, 0.1) is 5.82 Å². The summed E-state index contributed by atoms with van der Waals surface area (Å²) in [6.07, 6.45) is 1.53. The number of carbonyl (C=O) groups excluding carboxylic acids is 2. The van der Waals surface area contributed by atoms with Gasteiger partial charge in [0.15, 0.2) is 0 Å². The molecule has 1 heterocycles. The van der Waals surface area contributed by atoms with E-state index in [0.29, 0.717) is 30.9 Å². The van der Waals surface area contributed by atoms with E-state index in [0.717, 1.165) is 26.1 Å². The van der Waals surface area contributed by atoms with Gasteiger partial charge in [-0.1, -0.05) is 32.9 Å². The zero-order valence-corrected chi connectivity index (χ0v) is 20.1. The fourth-order valence-electron chi connectivity index (χ4n) is 4.22. The Hall–Kier alpha value is -3.19. The summed E-state index contributed by atoms with van der Waals surface area (Å²) >= 11 is 0. The number of benzene rings is 2. The van der Waals surface area contributed by atoms with E-state index < -0.39 is 23.5 Å². The Kier molecular flexibility index (Phi) is 8.82. The molecular formula is C27H33FN2O4. The first-order valence-corrected chi connectivity index (χ1v) is 11.9. The number of ketones is 1. The molecule has 1 unspecified atom stereocenters. The molecule has 1 saturated heterocycles. The summed E-state index contributed by atoms with van der Waals surface area (Å²) in [5, 5.41) is 11.1. The van der Waals surface area contributed by atoms with Crippen LogP contribution < -0.4 is 4.74 Å². The van der Waals surface area contributed by atoms with E-state index in [1.165, 1.54) is 29.2 Å². The van der Waals surface area contributed by atoms with Crippen molar-refractivity contribution < 1.29 is 23.8 Å². The molecule has 2 aromatic carbocycles. The van der Waals surface area contributed by atoms with Gasteiger partial charge >= 0.3 is 0 Å². The Balaban J connectivity index is 2.03. The SMILES string of the molecule is CCCOc1cccc(C2/C(=C(/O)c3ccc(F)cc3)C(=O)C(=O)N2CCCN(CC)CC)c1. The van der Waals surface area contributed by atoms with Gasteiger partial charge in [0, 0.05) is 12.1 Å². The van der Waals surface area contributed by atoms with Crippen molar-refractivity contribution >= 4 is 17.4 Å². The van der Waals surface area contributed by atoms with Gasteiger partial charge in [-0.3, -0.25) is 9.59 Å². The molecule has 182 valence electrons. The number of aliphatic hydroxyl groups excluding tert-OH is 1. The number of nitrogens with zero attached hydrogens (tertiary/aromatic N) is 2. The summed E-state index contributed by atoms with van der Waals surface area (Å²) in [6.45, 7) is 9.69. The van der Waals surface area contributed by atoms with Gasteiger partial charge in [-0.25, -0.2) is 4.39 Å². The largest absolute Gasteiger partial charge is 0.507 e. The van der Waals surface area contributed by atoms with Gasteiger partial charge in [0.2, 0.25) is 0 Å². The van der Waals surface area contributed by atoms with Crippen molar-refractivity contribution in [3.05, 3.63) is 71.0 Å². The molecule has 7 heteroatoms. The molecule has 3 rings (SSSR count). The molecule has 1 aliphatic heterocycles. The number of aliphatic hydroxyl groups is 1. The first-order chi connectivity index (χ1) is 16.4. The third-order valence-electron chi connectivity index (χ3n) is 6.07. The van der Waals surface area contributed by atoms with Crippen molar-refractivity contribution in [1.29, 1.82) is 0 Å². The molecule has 6 nitrogen and oxygen atoms in total. The summed E-state index contributed by atoms with van der Waals surface area (Å²) in [5.41, 5.74) is 0.970. The lowest BCUT2D eigenvalue weighted by Gasteiger charge is -2.27. The first-order valence-electron chi connectivity index (χ1n) is 11.9. The van der Waals surface area contributed by atoms with Gasteiger partial charge in [-0.15, -0.1) is 0 Å². The molecule has 0 aromatic heterocycles. The van der Waals surface area contributed by atoms with Crippen LogP contribution >= 0.6 is 0 Å². The Labute approximate surface area is 200 Å². The summed E-state index contributed by atoms with van der Waals surface area (Å²) in [5.74, 6) is -1.52. The summed E-state index contributed by atoms with van der Waals surface area (Å²) < 4.78 is 19.2. The maximum atomic E-state index is 13.4. The zero-order chi connectivity index (χ0) is 24.7. The average Bonchev–Trinajstić information content (AvgIpc) is 3.10. The van der Waals surface area contributed by atoms with E-state index in [4.69, 9.17) is 4.74 Å². The van der Waals surface area contributed by atoms with Crippen LogP contribution in [-0.4, -0.2) is 59.4 Å². The van der Waals surface area contributed by atoms with Crippen LogP contribution in [-0.2, 0) is 9.59 Å². The van der Waals surface area contributed by atoms with E-state index >= 15 is 0 Å². The number of halogens is 1. The fourth-order valence-corrected chi connectivity index (χ4v) is 4.22. The molecular weight excluding hydrogens is 435 g/mol. The molecule has 0 saturated carbocycles. The predicted octanol–water partition coefficient (Wildman–Crippen LogP) is 4.77. The lowest BCUT2D eigenvalue weighted by atomic mass is 9.95. The second-order valence-electron chi connectivity index (χ2n) is 8.30. The van der Waals surface area contributed by atoms with Crippen molar-refractivity contribution in [2.45, 2.75) is 39.7 Å².